The predicted molar refractivity (Wildman–Crippen MR) is 83.1 cm³/mol. The van der Waals surface area contributed by atoms with Crippen LogP contribution in [0.5, 0.6) is 0 Å². The second-order valence-corrected chi connectivity index (χ2v) is 5.43. The predicted octanol–water partition coefficient (Wildman–Crippen LogP) is 0.577. The Kier molecular flexibility index (Phi) is 8.67. The zero-order valence-electron chi connectivity index (χ0n) is 13.9. The van der Waals surface area contributed by atoms with Crippen LogP contribution in [0.1, 0.15) is 20.8 Å². The minimum Gasteiger partial charge on any atom is -0.448 e. The first-order chi connectivity index (χ1) is 9.70. The highest BCUT2D eigenvalue weighted by Gasteiger charge is 2.21. The SMILES string of the molecule is CNCCN(C)C(=O)OCCN(C)C(C)(C)C#CC(C)=O. The molecule has 1 N–H and O–H groups in total. The Morgan fingerprint density at radius 1 is 1.24 bits per heavy atom. The largest absolute Gasteiger partial charge is 0.448 e. The van der Waals surface area contributed by atoms with Crippen LogP contribution >= 0.6 is 0 Å². The van der Waals surface area contributed by atoms with E-state index in [1.165, 1.54) is 11.8 Å². The Morgan fingerprint density at radius 3 is 2.38 bits per heavy atom. The van der Waals surface area contributed by atoms with Crippen LogP contribution in [-0.4, -0.2) is 74.6 Å². The van der Waals surface area contributed by atoms with Gasteiger partial charge >= 0.3 is 6.09 Å². The van der Waals surface area contributed by atoms with Crippen LogP contribution in [0.2, 0.25) is 0 Å². The molecule has 120 valence electrons. The van der Waals surface area contributed by atoms with Crippen LogP contribution in [0.15, 0.2) is 0 Å². The molecule has 6 nitrogen and oxygen atoms in total. The molecule has 0 rings (SSSR count). The summed E-state index contributed by atoms with van der Waals surface area (Å²) in [5.74, 6) is 5.31. The molecule has 0 aliphatic carbocycles. The fourth-order valence-electron chi connectivity index (χ4n) is 1.37. The highest BCUT2D eigenvalue weighted by molar-refractivity contribution is 5.93. The number of hydrogen-bond donors (Lipinski definition) is 1. The van der Waals surface area contributed by atoms with Gasteiger partial charge in [0.1, 0.15) is 6.61 Å². The van der Waals surface area contributed by atoms with Crippen molar-refractivity contribution in [3.8, 4) is 11.8 Å². The summed E-state index contributed by atoms with van der Waals surface area (Å²) in [7, 11) is 5.41. The molecule has 21 heavy (non-hydrogen) atoms. The summed E-state index contributed by atoms with van der Waals surface area (Å²) in [5, 5.41) is 2.97. The molecule has 0 spiro atoms. The van der Waals surface area contributed by atoms with E-state index in [9.17, 15) is 9.59 Å². The fourth-order valence-corrected chi connectivity index (χ4v) is 1.37. The first kappa shape index (κ1) is 19.4. The van der Waals surface area contributed by atoms with E-state index in [-0.39, 0.29) is 18.5 Å². The monoisotopic (exact) mass is 297 g/mol. The average Bonchev–Trinajstić information content (AvgIpc) is 2.42. The van der Waals surface area contributed by atoms with Gasteiger partial charge in [-0.05, 0) is 33.9 Å². The lowest BCUT2D eigenvalue weighted by atomic mass is 10.0. The van der Waals surface area contributed by atoms with Crippen molar-refractivity contribution in [2.24, 2.45) is 0 Å². The van der Waals surface area contributed by atoms with Gasteiger partial charge in [-0.2, -0.15) is 0 Å². The number of hydrogen-bond acceptors (Lipinski definition) is 5. The van der Waals surface area contributed by atoms with Gasteiger partial charge in [-0.25, -0.2) is 4.79 Å². The van der Waals surface area contributed by atoms with E-state index in [1.807, 2.05) is 32.8 Å². The molecular formula is C15H27N3O3. The molecule has 0 saturated carbocycles. The first-order valence-electron chi connectivity index (χ1n) is 6.98. The molecule has 0 unspecified atom stereocenters. The second kappa shape index (κ2) is 9.37. The second-order valence-electron chi connectivity index (χ2n) is 5.43. The summed E-state index contributed by atoms with van der Waals surface area (Å²) < 4.78 is 5.19. The summed E-state index contributed by atoms with van der Waals surface area (Å²) >= 11 is 0. The Hall–Kier alpha value is -1.58. The average molecular weight is 297 g/mol. The molecule has 1 amide bonds. The Balaban J connectivity index is 4.20. The number of carbonyl (C=O) groups is 2. The van der Waals surface area contributed by atoms with Gasteiger partial charge in [-0.1, -0.05) is 5.92 Å². The van der Waals surface area contributed by atoms with Crippen molar-refractivity contribution in [2.75, 3.05) is 47.4 Å². The summed E-state index contributed by atoms with van der Waals surface area (Å²) in [5.41, 5.74) is -0.448. The van der Waals surface area contributed by atoms with Crippen molar-refractivity contribution in [2.45, 2.75) is 26.3 Å². The van der Waals surface area contributed by atoms with Gasteiger partial charge in [0.05, 0.1) is 5.54 Å². The van der Waals surface area contributed by atoms with E-state index >= 15 is 0 Å². The lowest BCUT2D eigenvalue weighted by Crippen LogP contribution is -2.42. The van der Waals surface area contributed by atoms with Crippen molar-refractivity contribution >= 4 is 11.9 Å². The molecule has 0 saturated heterocycles. The smallest absolute Gasteiger partial charge is 0.409 e. The molecule has 6 heteroatoms. The third-order valence-electron chi connectivity index (χ3n) is 3.16. The molecule has 0 aromatic rings. The van der Waals surface area contributed by atoms with Gasteiger partial charge in [0.25, 0.3) is 0 Å². The van der Waals surface area contributed by atoms with Crippen molar-refractivity contribution in [1.82, 2.24) is 15.1 Å². The van der Waals surface area contributed by atoms with Crippen LogP contribution in [0.25, 0.3) is 0 Å². The minimum absolute atomic E-state index is 0.158. The number of ketones is 1. The lowest BCUT2D eigenvalue weighted by molar-refractivity contribution is -0.111. The summed E-state index contributed by atoms with van der Waals surface area (Å²) in [4.78, 5) is 26.1. The van der Waals surface area contributed by atoms with Gasteiger partial charge in [-0.15, -0.1) is 0 Å². The molecule has 0 fully saturated rings. The Labute approximate surface area is 127 Å². The Morgan fingerprint density at radius 2 is 1.86 bits per heavy atom. The number of ether oxygens (including phenoxy) is 1. The number of Topliss-reactive ketones (excluding diaryl/α,β-unsaturated/α-hetero) is 1. The molecule has 0 aliphatic rings. The summed E-state index contributed by atoms with van der Waals surface area (Å²) in [6, 6.07) is 0. The van der Waals surface area contributed by atoms with Crippen molar-refractivity contribution < 1.29 is 14.3 Å². The van der Waals surface area contributed by atoms with E-state index in [1.54, 1.807) is 7.05 Å². The van der Waals surface area contributed by atoms with Crippen LogP contribution in [0.4, 0.5) is 4.79 Å². The van der Waals surface area contributed by atoms with Gasteiger partial charge in [0.15, 0.2) is 0 Å². The Bertz CT molecular complexity index is 410. The third kappa shape index (κ3) is 8.33. The normalized spacial score (nSPS) is 10.8. The molecule has 0 aromatic heterocycles. The van der Waals surface area contributed by atoms with Gasteiger partial charge < -0.3 is 15.0 Å². The van der Waals surface area contributed by atoms with E-state index in [4.69, 9.17) is 4.74 Å². The zero-order valence-corrected chi connectivity index (χ0v) is 13.9. The molecule has 0 atom stereocenters. The van der Waals surface area contributed by atoms with Crippen LogP contribution < -0.4 is 5.32 Å². The molecular weight excluding hydrogens is 270 g/mol. The van der Waals surface area contributed by atoms with Gasteiger partial charge in [0, 0.05) is 33.6 Å². The maximum atomic E-state index is 11.7. The molecule has 0 aromatic carbocycles. The molecule has 0 aliphatic heterocycles. The number of nitrogens with one attached hydrogen (secondary N) is 1. The number of amides is 1. The number of nitrogens with zero attached hydrogens (tertiary/aromatic N) is 2. The van der Waals surface area contributed by atoms with Crippen LogP contribution in [0.3, 0.4) is 0 Å². The minimum atomic E-state index is -0.448. The molecule has 0 heterocycles. The highest BCUT2D eigenvalue weighted by Crippen LogP contribution is 2.10. The van der Waals surface area contributed by atoms with E-state index < -0.39 is 5.54 Å². The molecule has 0 radical (unpaired) electrons. The zero-order chi connectivity index (χ0) is 16.5. The van der Waals surface area contributed by atoms with Crippen molar-refractivity contribution in [3.05, 3.63) is 0 Å². The van der Waals surface area contributed by atoms with Crippen molar-refractivity contribution in [3.63, 3.8) is 0 Å². The third-order valence-corrected chi connectivity index (χ3v) is 3.16. The standard InChI is InChI=1S/C15H27N3O3/c1-13(19)7-8-15(2,3)18(6)11-12-21-14(20)17(5)10-9-16-4/h16H,9-12H2,1-6H3. The van der Waals surface area contributed by atoms with Crippen LogP contribution in [0, 0.1) is 11.8 Å². The van der Waals surface area contributed by atoms with Crippen molar-refractivity contribution in [1.29, 1.82) is 0 Å². The fraction of sp³-hybridized carbons (Fsp3) is 0.733. The highest BCUT2D eigenvalue weighted by atomic mass is 16.6. The van der Waals surface area contributed by atoms with E-state index in [2.05, 4.69) is 17.2 Å². The van der Waals surface area contributed by atoms with Gasteiger partial charge in [0.2, 0.25) is 5.78 Å². The van der Waals surface area contributed by atoms with E-state index in [0.717, 1.165) is 6.54 Å². The maximum Gasteiger partial charge on any atom is 0.409 e. The number of likely N-dealkylation sites (N-methyl/N-ethyl adjacent to an activating group) is 3. The molecule has 0 bridgehead atoms. The maximum absolute atomic E-state index is 11.7. The van der Waals surface area contributed by atoms with Gasteiger partial charge in [-0.3, -0.25) is 9.69 Å². The number of carbonyl (C=O) groups excluding carboxylic acids is 2. The lowest BCUT2D eigenvalue weighted by Gasteiger charge is -2.30. The number of rotatable bonds is 7. The summed E-state index contributed by atoms with van der Waals surface area (Å²) in [6.45, 7) is 7.43. The topological polar surface area (TPSA) is 61.9 Å². The first-order valence-corrected chi connectivity index (χ1v) is 6.98. The summed E-state index contributed by atoms with van der Waals surface area (Å²) in [6.07, 6.45) is -0.341. The van der Waals surface area contributed by atoms with Crippen LogP contribution in [-0.2, 0) is 9.53 Å². The van der Waals surface area contributed by atoms with E-state index in [0.29, 0.717) is 13.1 Å². The quantitative estimate of drug-likeness (QED) is 0.550.